The highest BCUT2D eigenvalue weighted by atomic mass is 16.5. The Kier molecular flexibility index (Phi) is 7.61. The molecule has 0 aliphatic rings. The maximum Gasteiger partial charge on any atom is 0.203 e. The van der Waals surface area contributed by atoms with Gasteiger partial charge in [0, 0.05) is 20.1 Å². The zero-order chi connectivity index (χ0) is 18.8. The molecule has 0 heterocycles. The molecule has 26 heavy (non-hydrogen) atoms. The predicted molar refractivity (Wildman–Crippen MR) is 104 cm³/mol. The van der Waals surface area contributed by atoms with Crippen molar-refractivity contribution >= 4 is 5.96 Å². The highest BCUT2D eigenvalue weighted by molar-refractivity contribution is 5.79. The zero-order valence-electron chi connectivity index (χ0n) is 15.8. The Balaban J connectivity index is 2.02. The Morgan fingerprint density at radius 1 is 0.923 bits per heavy atom. The van der Waals surface area contributed by atoms with E-state index in [4.69, 9.17) is 14.2 Å². The van der Waals surface area contributed by atoms with E-state index in [9.17, 15) is 0 Å². The minimum absolute atomic E-state index is 0.542. The average molecular weight is 357 g/mol. The van der Waals surface area contributed by atoms with Gasteiger partial charge in [0.1, 0.15) is 0 Å². The van der Waals surface area contributed by atoms with E-state index in [0.717, 1.165) is 11.5 Å². The van der Waals surface area contributed by atoms with Gasteiger partial charge in [-0.3, -0.25) is 4.99 Å². The molecule has 0 atom stereocenters. The van der Waals surface area contributed by atoms with Crippen LogP contribution in [0.3, 0.4) is 0 Å². The Labute approximate surface area is 155 Å². The van der Waals surface area contributed by atoms with Gasteiger partial charge < -0.3 is 24.8 Å². The number of nitrogens with one attached hydrogen (secondary N) is 2. The lowest BCUT2D eigenvalue weighted by Gasteiger charge is -2.16. The summed E-state index contributed by atoms with van der Waals surface area (Å²) in [6.07, 6.45) is 0. The van der Waals surface area contributed by atoms with E-state index in [1.165, 1.54) is 5.56 Å². The minimum Gasteiger partial charge on any atom is -0.493 e. The lowest BCUT2D eigenvalue weighted by Crippen LogP contribution is -2.36. The predicted octanol–water partition coefficient (Wildman–Crippen LogP) is 2.97. The molecular formula is C20H27N3O3. The van der Waals surface area contributed by atoms with E-state index in [1.54, 1.807) is 21.3 Å². The molecule has 6 nitrogen and oxygen atoms in total. The number of methoxy groups -OCH3 is 2. The van der Waals surface area contributed by atoms with Crippen LogP contribution in [-0.2, 0) is 13.1 Å². The van der Waals surface area contributed by atoms with E-state index in [1.807, 2.05) is 37.3 Å². The number of hydrogen-bond acceptors (Lipinski definition) is 4. The second-order valence-corrected chi connectivity index (χ2v) is 5.53. The number of hydrogen-bond donors (Lipinski definition) is 2. The number of benzene rings is 2. The van der Waals surface area contributed by atoms with E-state index < -0.39 is 0 Å². The maximum absolute atomic E-state index is 5.63. The molecule has 140 valence electrons. The number of nitrogens with zero attached hydrogens (tertiary/aromatic N) is 1. The van der Waals surface area contributed by atoms with Crippen LogP contribution in [0.15, 0.2) is 47.5 Å². The van der Waals surface area contributed by atoms with Gasteiger partial charge in [0.25, 0.3) is 0 Å². The third-order valence-corrected chi connectivity index (χ3v) is 3.80. The molecule has 0 unspecified atom stereocenters. The summed E-state index contributed by atoms with van der Waals surface area (Å²) in [5.41, 5.74) is 2.20. The summed E-state index contributed by atoms with van der Waals surface area (Å²) in [4.78, 5) is 4.26. The standard InChI is InChI=1S/C20H27N3O3/c1-5-26-19-17(24-3)11-16(12-18(19)25-4)14-23-20(21-2)22-13-15-9-7-6-8-10-15/h6-12H,5,13-14H2,1-4H3,(H2,21,22,23). The molecule has 0 aromatic heterocycles. The number of rotatable bonds is 8. The van der Waals surface area contributed by atoms with Gasteiger partial charge in [-0.1, -0.05) is 30.3 Å². The van der Waals surface area contributed by atoms with Gasteiger partial charge >= 0.3 is 0 Å². The first-order chi connectivity index (χ1) is 12.7. The summed E-state index contributed by atoms with van der Waals surface area (Å²) in [6, 6.07) is 14.1. The Hall–Kier alpha value is -2.89. The molecule has 0 amide bonds. The molecule has 0 aliphatic carbocycles. The van der Waals surface area contributed by atoms with Crippen LogP contribution in [0.25, 0.3) is 0 Å². The largest absolute Gasteiger partial charge is 0.493 e. The van der Waals surface area contributed by atoms with E-state index >= 15 is 0 Å². The number of aliphatic imine (C=N–C) groups is 1. The third kappa shape index (κ3) is 5.31. The van der Waals surface area contributed by atoms with Crippen molar-refractivity contribution in [3.05, 3.63) is 53.6 Å². The molecule has 0 bridgehead atoms. The topological polar surface area (TPSA) is 64.1 Å². The average Bonchev–Trinajstić information content (AvgIpc) is 2.69. The monoisotopic (exact) mass is 357 g/mol. The molecule has 0 radical (unpaired) electrons. The molecule has 0 saturated heterocycles. The molecule has 2 aromatic rings. The fourth-order valence-corrected chi connectivity index (χ4v) is 2.51. The fourth-order valence-electron chi connectivity index (χ4n) is 2.51. The molecule has 2 N–H and O–H groups in total. The quantitative estimate of drug-likeness (QED) is 0.562. The SMILES string of the molecule is CCOc1c(OC)cc(CNC(=NC)NCc2ccccc2)cc1OC. The summed E-state index contributed by atoms with van der Waals surface area (Å²) in [5, 5.41) is 6.59. The molecule has 0 spiro atoms. The Bertz CT molecular complexity index is 692. The fraction of sp³-hybridized carbons (Fsp3) is 0.350. The van der Waals surface area contributed by atoms with Gasteiger partial charge in [0.2, 0.25) is 5.75 Å². The first kappa shape index (κ1) is 19.4. The third-order valence-electron chi connectivity index (χ3n) is 3.80. The van der Waals surface area contributed by atoms with Crippen molar-refractivity contribution in [2.24, 2.45) is 4.99 Å². The van der Waals surface area contributed by atoms with Crippen molar-refractivity contribution < 1.29 is 14.2 Å². The van der Waals surface area contributed by atoms with Crippen LogP contribution in [0.2, 0.25) is 0 Å². The highest BCUT2D eigenvalue weighted by Gasteiger charge is 2.14. The zero-order valence-corrected chi connectivity index (χ0v) is 15.8. The van der Waals surface area contributed by atoms with Gasteiger partial charge in [-0.2, -0.15) is 0 Å². The Morgan fingerprint density at radius 2 is 1.50 bits per heavy atom. The summed E-state index contributed by atoms with van der Waals surface area (Å²) in [5.74, 6) is 2.64. The normalized spacial score (nSPS) is 11.0. The first-order valence-electron chi connectivity index (χ1n) is 8.58. The highest BCUT2D eigenvalue weighted by Crippen LogP contribution is 2.38. The molecule has 2 rings (SSSR count). The summed E-state index contributed by atoms with van der Waals surface area (Å²) in [6.45, 7) is 3.75. The van der Waals surface area contributed by atoms with Crippen LogP contribution in [0.5, 0.6) is 17.2 Å². The minimum atomic E-state index is 0.542. The van der Waals surface area contributed by atoms with Crippen LogP contribution >= 0.6 is 0 Å². The van der Waals surface area contributed by atoms with Crippen molar-refractivity contribution in [3.8, 4) is 17.2 Å². The van der Waals surface area contributed by atoms with Crippen LogP contribution in [0, 0.1) is 0 Å². The van der Waals surface area contributed by atoms with Crippen LogP contribution in [0.1, 0.15) is 18.1 Å². The van der Waals surface area contributed by atoms with E-state index in [-0.39, 0.29) is 0 Å². The maximum atomic E-state index is 5.63. The van der Waals surface area contributed by atoms with Crippen molar-refractivity contribution in [3.63, 3.8) is 0 Å². The van der Waals surface area contributed by atoms with Crippen LogP contribution in [-0.4, -0.2) is 33.8 Å². The lowest BCUT2D eigenvalue weighted by molar-refractivity contribution is 0.288. The van der Waals surface area contributed by atoms with Crippen LogP contribution < -0.4 is 24.8 Å². The summed E-state index contributed by atoms with van der Waals surface area (Å²) in [7, 11) is 4.99. The second kappa shape index (κ2) is 10.2. The van der Waals surface area contributed by atoms with Crippen molar-refractivity contribution in [1.82, 2.24) is 10.6 Å². The first-order valence-corrected chi connectivity index (χ1v) is 8.58. The molecule has 0 saturated carbocycles. The van der Waals surface area contributed by atoms with Gasteiger partial charge in [-0.25, -0.2) is 0 Å². The van der Waals surface area contributed by atoms with E-state index in [2.05, 4.69) is 27.8 Å². The van der Waals surface area contributed by atoms with Crippen molar-refractivity contribution in [2.45, 2.75) is 20.0 Å². The van der Waals surface area contributed by atoms with Gasteiger partial charge in [0.15, 0.2) is 17.5 Å². The molecule has 0 fully saturated rings. The number of guanidine groups is 1. The molecular weight excluding hydrogens is 330 g/mol. The Morgan fingerprint density at radius 3 is 2.00 bits per heavy atom. The summed E-state index contributed by atoms with van der Waals surface area (Å²) < 4.78 is 16.5. The van der Waals surface area contributed by atoms with Crippen molar-refractivity contribution in [1.29, 1.82) is 0 Å². The molecule has 2 aromatic carbocycles. The van der Waals surface area contributed by atoms with Crippen LogP contribution in [0.4, 0.5) is 0 Å². The van der Waals surface area contributed by atoms with Gasteiger partial charge in [0.05, 0.1) is 20.8 Å². The molecule has 6 heteroatoms. The van der Waals surface area contributed by atoms with Gasteiger partial charge in [-0.05, 0) is 30.2 Å². The summed E-state index contributed by atoms with van der Waals surface area (Å²) >= 11 is 0. The molecule has 0 aliphatic heterocycles. The van der Waals surface area contributed by atoms with Crippen molar-refractivity contribution in [2.75, 3.05) is 27.9 Å². The smallest absolute Gasteiger partial charge is 0.203 e. The van der Waals surface area contributed by atoms with E-state index in [0.29, 0.717) is 36.9 Å². The second-order valence-electron chi connectivity index (χ2n) is 5.53. The lowest BCUT2D eigenvalue weighted by atomic mass is 10.1. The number of ether oxygens (including phenoxy) is 3. The van der Waals surface area contributed by atoms with Gasteiger partial charge in [-0.15, -0.1) is 0 Å².